The van der Waals surface area contributed by atoms with Crippen molar-refractivity contribution in [1.82, 2.24) is 0 Å². The highest BCUT2D eigenvalue weighted by atomic mass is 32.2. The van der Waals surface area contributed by atoms with Crippen molar-refractivity contribution in [3.05, 3.63) is 65.2 Å². The number of carbonyl (C=O) groups excluding carboxylic acids is 1. The molecular formula is C19H21N3OS. The Balaban J connectivity index is 1.75. The molecule has 1 heterocycles. The van der Waals surface area contributed by atoms with E-state index in [-0.39, 0.29) is 11.4 Å². The third-order valence-electron chi connectivity index (χ3n) is 4.27. The van der Waals surface area contributed by atoms with Gasteiger partial charge >= 0.3 is 0 Å². The molecule has 0 aliphatic carbocycles. The summed E-state index contributed by atoms with van der Waals surface area (Å²) in [6.07, 6.45) is 0.938. The van der Waals surface area contributed by atoms with E-state index in [1.807, 2.05) is 55.5 Å². The Hall–Kier alpha value is -2.27. The summed E-state index contributed by atoms with van der Waals surface area (Å²) in [5.74, 6) is 0.847. The van der Waals surface area contributed by atoms with Gasteiger partial charge in [0.05, 0.1) is 5.54 Å². The zero-order valence-electron chi connectivity index (χ0n) is 13.9. The lowest BCUT2D eigenvalue weighted by atomic mass is 9.89. The molecule has 24 heavy (non-hydrogen) atoms. The number of nitrogens with two attached hydrogens (primary N) is 1. The molecule has 0 fully saturated rings. The maximum absolute atomic E-state index is 12.4. The molecule has 1 atom stereocenters. The zero-order chi connectivity index (χ0) is 17.2. The average molecular weight is 339 g/mol. The molecule has 1 aliphatic heterocycles. The lowest BCUT2D eigenvalue weighted by molar-refractivity contribution is 0.102. The highest BCUT2D eigenvalue weighted by molar-refractivity contribution is 8.13. The second-order valence-electron chi connectivity index (χ2n) is 6.22. The van der Waals surface area contributed by atoms with E-state index in [2.05, 4.69) is 17.2 Å². The van der Waals surface area contributed by atoms with E-state index in [0.29, 0.717) is 10.7 Å². The summed E-state index contributed by atoms with van der Waals surface area (Å²) in [4.78, 5) is 16.9. The van der Waals surface area contributed by atoms with Gasteiger partial charge in [-0.05, 0) is 50.1 Å². The number of anilines is 1. The number of amidine groups is 1. The van der Waals surface area contributed by atoms with Gasteiger partial charge in [0.2, 0.25) is 0 Å². The summed E-state index contributed by atoms with van der Waals surface area (Å²) in [6, 6.07) is 15.4. The van der Waals surface area contributed by atoms with E-state index in [9.17, 15) is 4.79 Å². The predicted molar refractivity (Wildman–Crippen MR) is 102 cm³/mol. The topological polar surface area (TPSA) is 67.5 Å². The van der Waals surface area contributed by atoms with Crippen LogP contribution < -0.4 is 11.1 Å². The zero-order valence-corrected chi connectivity index (χ0v) is 14.7. The molecule has 1 amide bonds. The first-order valence-electron chi connectivity index (χ1n) is 7.93. The Bertz CT molecular complexity index is 768. The molecule has 0 aromatic heterocycles. The number of nitrogens with zero attached hydrogens (tertiary/aromatic N) is 1. The van der Waals surface area contributed by atoms with Crippen LogP contribution in [0.15, 0.2) is 53.5 Å². The molecule has 1 aliphatic rings. The maximum atomic E-state index is 12.4. The van der Waals surface area contributed by atoms with Crippen molar-refractivity contribution in [2.45, 2.75) is 25.8 Å². The fourth-order valence-corrected chi connectivity index (χ4v) is 3.69. The summed E-state index contributed by atoms with van der Waals surface area (Å²) in [5, 5.41) is 3.54. The van der Waals surface area contributed by atoms with E-state index in [1.165, 1.54) is 0 Å². The second kappa shape index (κ2) is 6.69. The number of benzene rings is 2. The van der Waals surface area contributed by atoms with Crippen molar-refractivity contribution in [1.29, 1.82) is 0 Å². The summed E-state index contributed by atoms with van der Waals surface area (Å²) >= 11 is 1.59. The minimum atomic E-state index is -0.304. The number of hydrogen-bond donors (Lipinski definition) is 2. The van der Waals surface area contributed by atoms with Gasteiger partial charge < -0.3 is 11.1 Å². The second-order valence-corrected chi connectivity index (χ2v) is 7.34. The van der Waals surface area contributed by atoms with E-state index >= 15 is 0 Å². The van der Waals surface area contributed by atoms with E-state index in [4.69, 9.17) is 5.73 Å². The monoisotopic (exact) mass is 339 g/mol. The highest BCUT2D eigenvalue weighted by Crippen LogP contribution is 2.34. The Labute approximate surface area is 146 Å². The predicted octanol–water partition coefficient (Wildman–Crippen LogP) is 3.91. The third kappa shape index (κ3) is 3.62. The molecule has 0 spiro atoms. The van der Waals surface area contributed by atoms with Crippen LogP contribution in [0.5, 0.6) is 0 Å². The molecule has 0 saturated heterocycles. The first kappa shape index (κ1) is 16.6. The maximum Gasteiger partial charge on any atom is 0.255 e. The molecule has 2 aromatic rings. The highest BCUT2D eigenvalue weighted by Gasteiger charge is 2.29. The molecule has 3 N–H and O–H groups in total. The van der Waals surface area contributed by atoms with Crippen LogP contribution in [0.4, 0.5) is 5.69 Å². The van der Waals surface area contributed by atoms with Crippen LogP contribution in [0.25, 0.3) is 0 Å². The molecule has 0 bridgehead atoms. The minimum Gasteiger partial charge on any atom is -0.379 e. The van der Waals surface area contributed by atoms with E-state index in [1.54, 1.807) is 11.8 Å². The van der Waals surface area contributed by atoms with Gasteiger partial charge in [-0.25, -0.2) is 0 Å². The smallest absolute Gasteiger partial charge is 0.255 e. The Morgan fingerprint density at radius 2 is 1.83 bits per heavy atom. The molecule has 2 aromatic carbocycles. The number of hydrogen-bond acceptors (Lipinski definition) is 4. The molecule has 0 radical (unpaired) electrons. The number of thioether (sulfide) groups is 1. The summed E-state index contributed by atoms with van der Waals surface area (Å²) < 4.78 is 0. The quantitative estimate of drug-likeness (QED) is 0.891. The number of nitrogens with one attached hydrogen (secondary N) is 1. The standard InChI is InChI=1S/C19H21N3OS/c1-13-3-9-16(10-4-13)21-17(23)14-5-7-15(8-6-14)19(2)11-12-24-18(20)22-19/h3-10H,11-12H2,1-2H3,(H2,20,22)(H,21,23). The molecular weight excluding hydrogens is 318 g/mol. The summed E-state index contributed by atoms with van der Waals surface area (Å²) in [5.41, 5.74) is 9.24. The van der Waals surface area contributed by atoms with Gasteiger partial charge in [-0.3, -0.25) is 9.79 Å². The van der Waals surface area contributed by atoms with Gasteiger partial charge in [-0.15, -0.1) is 0 Å². The Kier molecular flexibility index (Phi) is 4.62. The van der Waals surface area contributed by atoms with Crippen molar-refractivity contribution < 1.29 is 4.79 Å². The van der Waals surface area contributed by atoms with Gasteiger partial charge in [0.1, 0.15) is 0 Å². The van der Waals surface area contributed by atoms with Crippen LogP contribution in [0.3, 0.4) is 0 Å². The Morgan fingerprint density at radius 3 is 2.46 bits per heavy atom. The summed E-state index contributed by atoms with van der Waals surface area (Å²) in [7, 11) is 0. The van der Waals surface area contributed by atoms with Gasteiger partial charge in [-0.2, -0.15) is 0 Å². The SMILES string of the molecule is Cc1ccc(NC(=O)c2ccc(C3(C)CCSC(N)=N3)cc2)cc1. The van der Waals surface area contributed by atoms with Crippen LogP contribution in [-0.4, -0.2) is 16.8 Å². The van der Waals surface area contributed by atoms with Gasteiger partial charge in [0, 0.05) is 17.0 Å². The first-order valence-corrected chi connectivity index (χ1v) is 8.91. The minimum absolute atomic E-state index is 0.113. The van der Waals surface area contributed by atoms with Gasteiger partial charge in [-0.1, -0.05) is 41.6 Å². The average Bonchev–Trinajstić information content (AvgIpc) is 2.57. The molecule has 124 valence electrons. The van der Waals surface area contributed by atoms with Crippen molar-refractivity contribution in [2.75, 3.05) is 11.1 Å². The normalized spacial score (nSPS) is 20.3. The van der Waals surface area contributed by atoms with Crippen LogP contribution in [-0.2, 0) is 5.54 Å². The fourth-order valence-electron chi connectivity index (χ4n) is 2.72. The fraction of sp³-hybridized carbons (Fsp3) is 0.263. The summed E-state index contributed by atoms with van der Waals surface area (Å²) in [6.45, 7) is 4.10. The van der Waals surface area contributed by atoms with Gasteiger partial charge in [0.15, 0.2) is 5.17 Å². The number of aryl methyl sites for hydroxylation is 1. The molecule has 0 saturated carbocycles. The molecule has 4 nitrogen and oxygen atoms in total. The number of amides is 1. The molecule has 3 rings (SSSR count). The molecule has 5 heteroatoms. The van der Waals surface area contributed by atoms with Crippen molar-refractivity contribution in [3.63, 3.8) is 0 Å². The number of aliphatic imine (C=N–C) groups is 1. The van der Waals surface area contributed by atoms with Gasteiger partial charge in [0.25, 0.3) is 5.91 Å². The van der Waals surface area contributed by atoms with E-state index in [0.717, 1.165) is 29.0 Å². The van der Waals surface area contributed by atoms with Crippen LogP contribution in [0.1, 0.15) is 34.8 Å². The third-order valence-corrected chi connectivity index (χ3v) is 5.07. The molecule has 1 unspecified atom stereocenters. The van der Waals surface area contributed by atoms with Crippen LogP contribution in [0, 0.1) is 6.92 Å². The number of carbonyl (C=O) groups is 1. The van der Waals surface area contributed by atoms with Crippen molar-refractivity contribution in [3.8, 4) is 0 Å². The lowest BCUT2D eigenvalue weighted by Gasteiger charge is -2.29. The number of rotatable bonds is 3. The Morgan fingerprint density at radius 1 is 1.17 bits per heavy atom. The van der Waals surface area contributed by atoms with Crippen molar-refractivity contribution >= 4 is 28.5 Å². The largest absolute Gasteiger partial charge is 0.379 e. The van der Waals surface area contributed by atoms with Crippen LogP contribution >= 0.6 is 11.8 Å². The van der Waals surface area contributed by atoms with E-state index < -0.39 is 0 Å². The lowest BCUT2D eigenvalue weighted by Crippen LogP contribution is -2.28. The van der Waals surface area contributed by atoms with Crippen molar-refractivity contribution in [2.24, 2.45) is 10.7 Å². The first-order chi connectivity index (χ1) is 11.5. The van der Waals surface area contributed by atoms with Crippen LogP contribution in [0.2, 0.25) is 0 Å².